The fourth-order valence-electron chi connectivity index (χ4n) is 3.28. The van der Waals surface area contributed by atoms with Gasteiger partial charge in [0.05, 0.1) is 18.6 Å². The second-order valence-corrected chi connectivity index (χ2v) is 6.87. The molecule has 3 aromatic rings. The average molecular weight is 380 g/mol. The Labute approximate surface area is 162 Å². The standard InChI is InChI=1S/C22H19ClFN3/c23-19-13-18(24)12-11-17(19)14-25-22-26-20(15-7-3-1-4-8-15)21(27-22)16-9-5-2-6-10-16/h1-13,20-21H,14H2,(H2,25,26,27). The zero-order valence-corrected chi connectivity index (χ0v) is 15.3. The summed E-state index contributed by atoms with van der Waals surface area (Å²) < 4.78 is 13.2. The second kappa shape index (κ2) is 7.80. The van der Waals surface area contributed by atoms with Crippen LogP contribution in [0.3, 0.4) is 0 Å². The Morgan fingerprint density at radius 2 is 1.37 bits per heavy atom. The molecule has 0 aliphatic carbocycles. The van der Waals surface area contributed by atoms with Crippen molar-refractivity contribution < 1.29 is 4.39 Å². The van der Waals surface area contributed by atoms with Crippen LogP contribution in [0, 0.1) is 5.82 Å². The molecule has 0 radical (unpaired) electrons. The molecule has 136 valence electrons. The van der Waals surface area contributed by atoms with Crippen LogP contribution >= 0.6 is 11.6 Å². The van der Waals surface area contributed by atoms with Gasteiger partial charge < -0.3 is 10.6 Å². The zero-order valence-electron chi connectivity index (χ0n) is 14.6. The summed E-state index contributed by atoms with van der Waals surface area (Å²) in [7, 11) is 0. The van der Waals surface area contributed by atoms with Crippen LogP contribution in [0.1, 0.15) is 28.8 Å². The fourth-order valence-corrected chi connectivity index (χ4v) is 3.51. The fraction of sp³-hybridized carbons (Fsp3) is 0.136. The molecule has 0 saturated carbocycles. The normalized spacial score (nSPS) is 18.7. The van der Waals surface area contributed by atoms with E-state index in [2.05, 4.69) is 39.9 Å². The molecular formula is C22H19ClFN3. The van der Waals surface area contributed by atoms with E-state index in [4.69, 9.17) is 11.6 Å². The Balaban J connectivity index is 1.60. The molecule has 1 saturated heterocycles. The SMILES string of the molecule is Fc1ccc(CN=C2NC(c3ccccc3)C(c3ccccc3)N2)c(Cl)c1. The highest BCUT2D eigenvalue weighted by atomic mass is 35.5. The van der Waals surface area contributed by atoms with Crippen LogP contribution in [0.4, 0.5) is 4.39 Å². The van der Waals surface area contributed by atoms with Gasteiger partial charge >= 0.3 is 0 Å². The van der Waals surface area contributed by atoms with E-state index in [1.165, 1.54) is 23.3 Å². The van der Waals surface area contributed by atoms with E-state index in [-0.39, 0.29) is 17.9 Å². The molecule has 4 rings (SSSR count). The number of guanidine groups is 1. The molecule has 3 nitrogen and oxygen atoms in total. The van der Waals surface area contributed by atoms with E-state index in [1.54, 1.807) is 6.07 Å². The quantitative estimate of drug-likeness (QED) is 0.668. The Kier molecular flexibility index (Phi) is 5.07. The first-order valence-corrected chi connectivity index (χ1v) is 9.20. The van der Waals surface area contributed by atoms with E-state index >= 15 is 0 Å². The van der Waals surface area contributed by atoms with E-state index in [0.29, 0.717) is 17.5 Å². The molecule has 2 atom stereocenters. The minimum Gasteiger partial charge on any atom is -0.347 e. The van der Waals surface area contributed by atoms with Crippen molar-refractivity contribution in [3.63, 3.8) is 0 Å². The number of nitrogens with zero attached hydrogens (tertiary/aromatic N) is 1. The van der Waals surface area contributed by atoms with Crippen molar-refractivity contribution in [1.82, 2.24) is 10.6 Å². The summed E-state index contributed by atoms with van der Waals surface area (Å²) in [6, 6.07) is 25.1. The highest BCUT2D eigenvalue weighted by Gasteiger charge is 2.32. The third-order valence-corrected chi connectivity index (χ3v) is 5.01. The smallest absolute Gasteiger partial charge is 0.192 e. The molecular weight excluding hydrogens is 361 g/mol. The molecule has 27 heavy (non-hydrogen) atoms. The minimum atomic E-state index is -0.346. The molecule has 2 unspecified atom stereocenters. The molecule has 3 aromatic carbocycles. The number of hydrogen-bond donors (Lipinski definition) is 2. The van der Waals surface area contributed by atoms with Gasteiger partial charge in [-0.2, -0.15) is 0 Å². The van der Waals surface area contributed by atoms with Crippen molar-refractivity contribution in [2.75, 3.05) is 0 Å². The van der Waals surface area contributed by atoms with Crippen LogP contribution in [0.25, 0.3) is 0 Å². The summed E-state index contributed by atoms with van der Waals surface area (Å²) in [5.41, 5.74) is 3.15. The summed E-state index contributed by atoms with van der Waals surface area (Å²) in [4.78, 5) is 4.62. The van der Waals surface area contributed by atoms with Crippen molar-refractivity contribution >= 4 is 17.6 Å². The molecule has 0 bridgehead atoms. The molecule has 0 aromatic heterocycles. The molecule has 1 fully saturated rings. The minimum absolute atomic E-state index is 0.0658. The number of rotatable bonds is 4. The number of nitrogens with one attached hydrogen (secondary N) is 2. The third-order valence-electron chi connectivity index (χ3n) is 4.66. The molecule has 1 heterocycles. The van der Waals surface area contributed by atoms with Crippen LogP contribution in [0.15, 0.2) is 83.9 Å². The van der Waals surface area contributed by atoms with Crippen molar-refractivity contribution in [2.24, 2.45) is 4.99 Å². The molecule has 5 heteroatoms. The van der Waals surface area contributed by atoms with Gasteiger partial charge in [-0.15, -0.1) is 0 Å². The lowest BCUT2D eigenvalue weighted by Crippen LogP contribution is -2.25. The molecule has 1 aliphatic heterocycles. The highest BCUT2D eigenvalue weighted by molar-refractivity contribution is 6.31. The lowest BCUT2D eigenvalue weighted by atomic mass is 9.95. The maximum atomic E-state index is 13.2. The largest absolute Gasteiger partial charge is 0.347 e. The summed E-state index contributed by atoms with van der Waals surface area (Å²) in [6.07, 6.45) is 0. The summed E-state index contributed by atoms with van der Waals surface area (Å²) in [6.45, 7) is 0.372. The van der Waals surface area contributed by atoms with Crippen molar-refractivity contribution in [3.8, 4) is 0 Å². The van der Waals surface area contributed by atoms with E-state index in [0.717, 1.165) is 5.56 Å². The van der Waals surface area contributed by atoms with Crippen molar-refractivity contribution in [3.05, 3.63) is 106 Å². The number of halogens is 2. The average Bonchev–Trinajstić information content (AvgIpc) is 3.13. The summed E-state index contributed by atoms with van der Waals surface area (Å²) in [5, 5.41) is 7.34. The Hall–Kier alpha value is -2.85. The Morgan fingerprint density at radius 1 is 0.815 bits per heavy atom. The predicted octanol–water partition coefficient (Wildman–Crippen LogP) is 5.01. The molecule has 0 spiro atoms. The molecule has 1 aliphatic rings. The maximum absolute atomic E-state index is 13.2. The van der Waals surface area contributed by atoms with Crippen LogP contribution in [0.2, 0.25) is 5.02 Å². The van der Waals surface area contributed by atoms with Crippen LogP contribution < -0.4 is 10.6 Å². The van der Waals surface area contributed by atoms with Crippen molar-refractivity contribution in [2.45, 2.75) is 18.6 Å². The summed E-state index contributed by atoms with van der Waals surface area (Å²) >= 11 is 6.11. The second-order valence-electron chi connectivity index (χ2n) is 6.47. The van der Waals surface area contributed by atoms with Crippen LogP contribution in [-0.2, 0) is 6.54 Å². The first kappa shape index (κ1) is 17.6. The maximum Gasteiger partial charge on any atom is 0.192 e. The Morgan fingerprint density at radius 3 is 1.89 bits per heavy atom. The van der Waals surface area contributed by atoms with Gasteiger partial charge in [0.25, 0.3) is 0 Å². The summed E-state index contributed by atoms with van der Waals surface area (Å²) in [5.74, 6) is 0.361. The third kappa shape index (κ3) is 3.96. The lowest BCUT2D eigenvalue weighted by molar-refractivity contribution is 0.554. The topological polar surface area (TPSA) is 36.4 Å². The predicted molar refractivity (Wildman–Crippen MR) is 107 cm³/mol. The van der Waals surface area contributed by atoms with Crippen LogP contribution in [0.5, 0.6) is 0 Å². The van der Waals surface area contributed by atoms with Gasteiger partial charge in [-0.3, -0.25) is 0 Å². The van der Waals surface area contributed by atoms with Gasteiger partial charge in [0, 0.05) is 5.02 Å². The van der Waals surface area contributed by atoms with E-state index in [9.17, 15) is 4.39 Å². The Bertz CT molecular complexity index is 895. The number of aliphatic imine (C=N–C) groups is 1. The van der Waals surface area contributed by atoms with Gasteiger partial charge in [-0.25, -0.2) is 9.38 Å². The number of hydrogen-bond acceptors (Lipinski definition) is 1. The highest BCUT2D eigenvalue weighted by Crippen LogP contribution is 2.32. The van der Waals surface area contributed by atoms with Gasteiger partial charge in [0.1, 0.15) is 5.82 Å². The van der Waals surface area contributed by atoms with Crippen molar-refractivity contribution in [1.29, 1.82) is 0 Å². The van der Waals surface area contributed by atoms with Gasteiger partial charge in [0.15, 0.2) is 5.96 Å². The first-order chi connectivity index (χ1) is 13.2. The molecule has 2 N–H and O–H groups in total. The van der Waals surface area contributed by atoms with Gasteiger partial charge in [-0.1, -0.05) is 78.3 Å². The lowest BCUT2D eigenvalue weighted by Gasteiger charge is -2.19. The zero-order chi connectivity index (χ0) is 18.6. The van der Waals surface area contributed by atoms with Gasteiger partial charge in [-0.05, 0) is 28.8 Å². The van der Waals surface area contributed by atoms with E-state index in [1.807, 2.05) is 36.4 Å². The molecule has 0 amide bonds. The first-order valence-electron chi connectivity index (χ1n) is 8.82. The number of benzene rings is 3. The van der Waals surface area contributed by atoms with E-state index < -0.39 is 0 Å². The monoisotopic (exact) mass is 379 g/mol. The van der Waals surface area contributed by atoms with Crippen LogP contribution in [-0.4, -0.2) is 5.96 Å². The van der Waals surface area contributed by atoms with Gasteiger partial charge in [0.2, 0.25) is 0 Å².